The van der Waals surface area contributed by atoms with E-state index < -0.39 is 10.1 Å². The molecule has 0 aliphatic heterocycles. The van der Waals surface area contributed by atoms with E-state index in [2.05, 4.69) is 6.92 Å². The molecular formula is C8H16O3S. The Morgan fingerprint density at radius 2 is 1.92 bits per heavy atom. The van der Waals surface area contributed by atoms with Crippen LogP contribution in [0.1, 0.15) is 32.6 Å². The summed E-state index contributed by atoms with van der Waals surface area (Å²) in [6.07, 6.45) is 7.58. The van der Waals surface area contributed by atoms with Gasteiger partial charge in [0, 0.05) is 0 Å². The maximum absolute atomic E-state index is 10.2. The van der Waals surface area contributed by atoms with Crippen molar-refractivity contribution in [2.24, 2.45) is 0 Å². The second-order valence-electron chi connectivity index (χ2n) is 2.72. The van der Waals surface area contributed by atoms with Gasteiger partial charge >= 0.3 is 0 Å². The molecule has 0 aromatic rings. The van der Waals surface area contributed by atoms with Crippen LogP contribution in [0.3, 0.4) is 0 Å². The van der Waals surface area contributed by atoms with E-state index in [9.17, 15) is 8.42 Å². The van der Waals surface area contributed by atoms with Crippen molar-refractivity contribution in [3.63, 3.8) is 0 Å². The van der Waals surface area contributed by atoms with E-state index in [1.807, 2.05) is 0 Å². The molecule has 0 bridgehead atoms. The second-order valence-corrected chi connectivity index (χ2v) is 4.21. The predicted molar refractivity (Wildman–Crippen MR) is 49.7 cm³/mol. The summed E-state index contributed by atoms with van der Waals surface area (Å²) < 4.78 is 28.8. The van der Waals surface area contributed by atoms with Gasteiger partial charge in [0.05, 0.1) is 5.75 Å². The van der Waals surface area contributed by atoms with Gasteiger partial charge in [-0.2, -0.15) is 8.42 Å². The summed E-state index contributed by atoms with van der Waals surface area (Å²) in [4.78, 5) is 0. The SMILES string of the molecule is CCCCC/C=C\CS(=O)(=O)O. The number of unbranched alkanes of at least 4 members (excludes halogenated alkanes) is 3. The minimum absolute atomic E-state index is 0.265. The quantitative estimate of drug-likeness (QED) is 0.398. The van der Waals surface area contributed by atoms with Crippen LogP contribution in [0.5, 0.6) is 0 Å². The lowest BCUT2D eigenvalue weighted by molar-refractivity contribution is 0.486. The van der Waals surface area contributed by atoms with Crippen molar-refractivity contribution in [3.8, 4) is 0 Å². The lowest BCUT2D eigenvalue weighted by atomic mass is 10.2. The maximum Gasteiger partial charge on any atom is 0.268 e. The first-order valence-electron chi connectivity index (χ1n) is 4.16. The normalized spacial score (nSPS) is 12.5. The van der Waals surface area contributed by atoms with Crippen LogP contribution in [0.15, 0.2) is 12.2 Å². The van der Waals surface area contributed by atoms with E-state index in [-0.39, 0.29) is 5.75 Å². The third-order valence-electron chi connectivity index (χ3n) is 1.45. The monoisotopic (exact) mass is 192 g/mol. The fraction of sp³-hybridized carbons (Fsp3) is 0.750. The fourth-order valence-corrected chi connectivity index (χ4v) is 1.20. The number of hydrogen-bond acceptors (Lipinski definition) is 2. The van der Waals surface area contributed by atoms with Crippen molar-refractivity contribution in [1.82, 2.24) is 0 Å². The number of rotatable bonds is 6. The van der Waals surface area contributed by atoms with Gasteiger partial charge in [0.15, 0.2) is 0 Å². The lowest BCUT2D eigenvalue weighted by Crippen LogP contribution is -1.99. The Morgan fingerprint density at radius 3 is 2.42 bits per heavy atom. The molecular weight excluding hydrogens is 176 g/mol. The highest BCUT2D eigenvalue weighted by Crippen LogP contribution is 1.99. The maximum atomic E-state index is 10.2. The largest absolute Gasteiger partial charge is 0.285 e. The molecule has 0 aromatic carbocycles. The second kappa shape index (κ2) is 6.20. The van der Waals surface area contributed by atoms with E-state index in [0.29, 0.717) is 0 Å². The third kappa shape index (κ3) is 9.65. The van der Waals surface area contributed by atoms with Gasteiger partial charge in [-0.3, -0.25) is 4.55 Å². The van der Waals surface area contributed by atoms with Gasteiger partial charge in [0.25, 0.3) is 10.1 Å². The molecule has 0 aliphatic rings. The summed E-state index contributed by atoms with van der Waals surface area (Å²) in [5, 5.41) is 0. The summed E-state index contributed by atoms with van der Waals surface area (Å²) in [5.74, 6) is -0.265. The lowest BCUT2D eigenvalue weighted by Gasteiger charge is -1.91. The molecule has 1 N–H and O–H groups in total. The van der Waals surface area contributed by atoms with Gasteiger partial charge < -0.3 is 0 Å². The van der Waals surface area contributed by atoms with Crippen molar-refractivity contribution in [2.75, 3.05) is 5.75 Å². The Balaban J connectivity index is 3.39. The van der Waals surface area contributed by atoms with Crippen LogP contribution in [-0.4, -0.2) is 18.7 Å². The minimum atomic E-state index is -3.80. The van der Waals surface area contributed by atoms with Crippen molar-refractivity contribution < 1.29 is 13.0 Å². The van der Waals surface area contributed by atoms with Crippen LogP contribution in [0.25, 0.3) is 0 Å². The summed E-state index contributed by atoms with van der Waals surface area (Å²) in [6, 6.07) is 0. The Kier molecular flexibility index (Phi) is 6.02. The summed E-state index contributed by atoms with van der Waals surface area (Å²) >= 11 is 0. The molecule has 3 nitrogen and oxygen atoms in total. The van der Waals surface area contributed by atoms with Crippen LogP contribution < -0.4 is 0 Å². The van der Waals surface area contributed by atoms with E-state index in [1.54, 1.807) is 6.08 Å². The fourth-order valence-electron chi connectivity index (χ4n) is 0.820. The van der Waals surface area contributed by atoms with Gasteiger partial charge in [0.1, 0.15) is 0 Å². The van der Waals surface area contributed by atoms with Crippen LogP contribution in [-0.2, 0) is 10.1 Å². The van der Waals surface area contributed by atoms with Gasteiger partial charge in [-0.15, -0.1) is 0 Å². The standard InChI is InChI=1S/C8H16O3S/c1-2-3-4-5-6-7-8-12(9,10)11/h6-7H,2-5,8H2,1H3,(H,9,10,11)/b7-6-. The molecule has 0 aromatic heterocycles. The predicted octanol–water partition coefficient (Wildman–Crippen LogP) is 2.01. The Morgan fingerprint density at radius 1 is 1.25 bits per heavy atom. The Bertz CT molecular complexity index is 216. The molecule has 12 heavy (non-hydrogen) atoms. The highest BCUT2D eigenvalue weighted by Gasteiger charge is 1.97. The highest BCUT2D eigenvalue weighted by molar-refractivity contribution is 7.85. The number of hydrogen-bond donors (Lipinski definition) is 1. The minimum Gasteiger partial charge on any atom is -0.285 e. The molecule has 0 aliphatic carbocycles. The molecule has 0 unspecified atom stereocenters. The van der Waals surface area contributed by atoms with Crippen LogP contribution in [0.2, 0.25) is 0 Å². The smallest absolute Gasteiger partial charge is 0.268 e. The summed E-state index contributed by atoms with van der Waals surface area (Å²) in [6.45, 7) is 2.11. The molecule has 0 rings (SSSR count). The third-order valence-corrected chi connectivity index (χ3v) is 2.06. The zero-order valence-electron chi connectivity index (χ0n) is 7.36. The first-order valence-corrected chi connectivity index (χ1v) is 5.77. The molecule has 0 spiro atoms. The summed E-state index contributed by atoms with van der Waals surface area (Å²) in [5.41, 5.74) is 0. The Hall–Kier alpha value is -0.350. The van der Waals surface area contributed by atoms with E-state index >= 15 is 0 Å². The van der Waals surface area contributed by atoms with Crippen LogP contribution in [0, 0.1) is 0 Å². The topological polar surface area (TPSA) is 54.4 Å². The van der Waals surface area contributed by atoms with Crippen molar-refractivity contribution in [3.05, 3.63) is 12.2 Å². The molecule has 0 fully saturated rings. The van der Waals surface area contributed by atoms with E-state index in [0.717, 1.165) is 25.7 Å². The molecule has 0 saturated heterocycles. The van der Waals surface area contributed by atoms with Crippen LogP contribution in [0.4, 0.5) is 0 Å². The molecule has 0 heterocycles. The Labute approximate surface area is 74.2 Å². The molecule has 0 atom stereocenters. The van der Waals surface area contributed by atoms with Gasteiger partial charge in [-0.1, -0.05) is 31.9 Å². The molecule has 0 radical (unpaired) electrons. The molecule has 0 saturated carbocycles. The first-order chi connectivity index (χ1) is 5.56. The average molecular weight is 192 g/mol. The van der Waals surface area contributed by atoms with Gasteiger partial charge in [-0.05, 0) is 12.8 Å². The van der Waals surface area contributed by atoms with Crippen molar-refractivity contribution in [1.29, 1.82) is 0 Å². The zero-order chi connectivity index (χ0) is 9.45. The zero-order valence-corrected chi connectivity index (χ0v) is 8.18. The van der Waals surface area contributed by atoms with Crippen molar-refractivity contribution >= 4 is 10.1 Å². The highest BCUT2D eigenvalue weighted by atomic mass is 32.2. The van der Waals surface area contributed by atoms with Crippen molar-refractivity contribution in [2.45, 2.75) is 32.6 Å². The first kappa shape index (κ1) is 11.6. The van der Waals surface area contributed by atoms with Gasteiger partial charge in [-0.25, -0.2) is 0 Å². The molecule has 4 heteroatoms. The average Bonchev–Trinajstić information content (AvgIpc) is 1.94. The van der Waals surface area contributed by atoms with Gasteiger partial charge in [0.2, 0.25) is 0 Å². The summed E-state index contributed by atoms with van der Waals surface area (Å²) in [7, 11) is -3.80. The molecule has 72 valence electrons. The van der Waals surface area contributed by atoms with E-state index in [1.165, 1.54) is 6.08 Å². The molecule has 0 amide bonds. The van der Waals surface area contributed by atoms with Crippen LogP contribution >= 0.6 is 0 Å². The number of allylic oxidation sites excluding steroid dienone is 1. The van der Waals surface area contributed by atoms with E-state index in [4.69, 9.17) is 4.55 Å².